The van der Waals surface area contributed by atoms with Gasteiger partial charge in [-0.05, 0) is 24.0 Å². The van der Waals surface area contributed by atoms with Crippen LogP contribution < -0.4 is 0 Å². The molecule has 0 saturated heterocycles. The van der Waals surface area contributed by atoms with Crippen molar-refractivity contribution in [3.8, 4) is 6.07 Å². The molecule has 0 aromatic heterocycles. The Balaban J connectivity index is 2.99. The van der Waals surface area contributed by atoms with Gasteiger partial charge in [-0.15, -0.1) is 11.8 Å². The molecule has 0 bridgehead atoms. The van der Waals surface area contributed by atoms with Crippen molar-refractivity contribution in [2.75, 3.05) is 6.26 Å². The summed E-state index contributed by atoms with van der Waals surface area (Å²) in [5.41, 5.74) is 1.10. The summed E-state index contributed by atoms with van der Waals surface area (Å²) >= 11 is 1.69. The third-order valence-electron chi connectivity index (χ3n) is 1.48. The van der Waals surface area contributed by atoms with E-state index in [4.69, 9.17) is 5.26 Å². The van der Waals surface area contributed by atoms with Crippen molar-refractivity contribution in [2.24, 2.45) is 0 Å². The number of thioether (sulfide) groups is 1. The highest BCUT2D eigenvalue weighted by Crippen LogP contribution is 2.20. The van der Waals surface area contributed by atoms with Gasteiger partial charge < -0.3 is 0 Å². The summed E-state index contributed by atoms with van der Waals surface area (Å²) in [6.07, 6.45) is 5.35. The lowest BCUT2D eigenvalue weighted by Crippen LogP contribution is -1.76. The maximum Gasteiger partial charge on any atom is 0.0912 e. The monoisotopic (exact) mass is 175 g/mol. The van der Waals surface area contributed by atoms with Crippen molar-refractivity contribution in [1.82, 2.24) is 0 Å². The zero-order valence-electron chi connectivity index (χ0n) is 6.82. The zero-order valence-corrected chi connectivity index (χ0v) is 7.64. The Hall–Kier alpha value is -1.20. The first-order valence-corrected chi connectivity index (χ1v) is 4.80. The molecule has 1 aromatic carbocycles. The fraction of sp³-hybridized carbons (Fsp3) is 0.100. The fourth-order valence-corrected chi connectivity index (χ4v) is 1.52. The third-order valence-corrected chi connectivity index (χ3v) is 2.29. The first kappa shape index (κ1) is 8.89. The second-order valence-electron chi connectivity index (χ2n) is 2.20. The van der Waals surface area contributed by atoms with Crippen LogP contribution in [0.15, 0.2) is 35.2 Å². The van der Waals surface area contributed by atoms with Crippen LogP contribution in [-0.2, 0) is 0 Å². The average molecular weight is 175 g/mol. The van der Waals surface area contributed by atoms with Crippen LogP contribution in [0.1, 0.15) is 5.56 Å². The Labute approximate surface area is 76.7 Å². The Kier molecular flexibility index (Phi) is 3.43. The van der Waals surface area contributed by atoms with Crippen LogP contribution in [0.3, 0.4) is 0 Å². The van der Waals surface area contributed by atoms with Gasteiger partial charge in [0.05, 0.1) is 6.07 Å². The maximum absolute atomic E-state index is 8.35. The summed E-state index contributed by atoms with van der Waals surface area (Å²) < 4.78 is 0. The normalized spacial score (nSPS) is 10.0. The van der Waals surface area contributed by atoms with Gasteiger partial charge in [-0.25, -0.2) is 0 Å². The predicted molar refractivity (Wildman–Crippen MR) is 52.9 cm³/mol. The van der Waals surface area contributed by atoms with E-state index in [9.17, 15) is 0 Å². The lowest BCUT2D eigenvalue weighted by atomic mass is 10.2. The Morgan fingerprint density at radius 1 is 1.42 bits per heavy atom. The van der Waals surface area contributed by atoms with E-state index in [1.54, 1.807) is 11.8 Å². The molecular weight excluding hydrogens is 166 g/mol. The van der Waals surface area contributed by atoms with E-state index in [1.165, 1.54) is 11.0 Å². The lowest BCUT2D eigenvalue weighted by molar-refractivity contribution is 1.43. The first-order valence-electron chi connectivity index (χ1n) is 3.57. The van der Waals surface area contributed by atoms with Crippen molar-refractivity contribution in [3.05, 3.63) is 35.9 Å². The number of hydrogen-bond acceptors (Lipinski definition) is 2. The summed E-state index contributed by atoms with van der Waals surface area (Å²) in [5.74, 6) is 0. The molecule has 0 atom stereocenters. The van der Waals surface area contributed by atoms with Crippen molar-refractivity contribution >= 4 is 17.8 Å². The van der Waals surface area contributed by atoms with Gasteiger partial charge in [0.25, 0.3) is 0 Å². The molecule has 0 radical (unpaired) electrons. The molecule has 0 saturated carbocycles. The Bertz CT molecular complexity index is 323. The van der Waals surface area contributed by atoms with Gasteiger partial charge in [0, 0.05) is 11.0 Å². The van der Waals surface area contributed by atoms with E-state index in [2.05, 4.69) is 0 Å². The molecule has 0 aliphatic rings. The van der Waals surface area contributed by atoms with E-state index in [0.29, 0.717) is 0 Å². The molecule has 0 aliphatic carbocycles. The topological polar surface area (TPSA) is 23.8 Å². The molecule has 0 N–H and O–H groups in total. The predicted octanol–water partition coefficient (Wildman–Crippen LogP) is 2.95. The van der Waals surface area contributed by atoms with Gasteiger partial charge >= 0.3 is 0 Å². The van der Waals surface area contributed by atoms with Crippen LogP contribution >= 0.6 is 11.8 Å². The Morgan fingerprint density at radius 2 is 2.17 bits per heavy atom. The molecule has 1 aromatic rings. The second-order valence-corrected chi connectivity index (χ2v) is 3.05. The van der Waals surface area contributed by atoms with E-state index < -0.39 is 0 Å². The smallest absolute Gasteiger partial charge is 0.0912 e. The van der Waals surface area contributed by atoms with Gasteiger partial charge in [-0.1, -0.05) is 18.2 Å². The fourth-order valence-electron chi connectivity index (χ4n) is 0.931. The zero-order chi connectivity index (χ0) is 8.81. The molecule has 60 valence electrons. The number of hydrogen-bond donors (Lipinski definition) is 0. The highest BCUT2D eigenvalue weighted by molar-refractivity contribution is 7.98. The minimum atomic E-state index is 1.10. The van der Waals surface area contributed by atoms with E-state index in [1.807, 2.05) is 42.7 Å². The van der Waals surface area contributed by atoms with Gasteiger partial charge in [0.2, 0.25) is 0 Å². The maximum atomic E-state index is 8.35. The molecule has 0 unspecified atom stereocenters. The Morgan fingerprint density at radius 3 is 2.83 bits per heavy atom. The summed E-state index contributed by atoms with van der Waals surface area (Å²) in [7, 11) is 0. The van der Waals surface area contributed by atoms with Gasteiger partial charge in [-0.3, -0.25) is 0 Å². The SMILES string of the molecule is CSc1ccccc1/C=C/C#N. The number of benzene rings is 1. The molecule has 1 rings (SSSR count). The van der Waals surface area contributed by atoms with Crippen molar-refractivity contribution in [2.45, 2.75) is 4.90 Å². The van der Waals surface area contributed by atoms with Crippen LogP contribution in [0, 0.1) is 11.3 Å². The van der Waals surface area contributed by atoms with Crippen LogP contribution in [-0.4, -0.2) is 6.26 Å². The van der Waals surface area contributed by atoms with Crippen molar-refractivity contribution < 1.29 is 0 Å². The van der Waals surface area contributed by atoms with E-state index in [-0.39, 0.29) is 0 Å². The van der Waals surface area contributed by atoms with Crippen LogP contribution in [0.2, 0.25) is 0 Å². The van der Waals surface area contributed by atoms with Crippen molar-refractivity contribution in [1.29, 1.82) is 5.26 Å². The molecular formula is C10H9NS. The number of nitrogens with zero attached hydrogens (tertiary/aromatic N) is 1. The third kappa shape index (κ3) is 2.14. The number of nitriles is 1. The molecule has 0 aliphatic heterocycles. The summed E-state index contributed by atoms with van der Waals surface area (Å²) in [5, 5.41) is 8.35. The minimum Gasteiger partial charge on any atom is -0.193 e. The molecule has 0 amide bonds. The first-order chi connectivity index (χ1) is 5.88. The van der Waals surface area contributed by atoms with Crippen LogP contribution in [0.5, 0.6) is 0 Å². The molecule has 0 spiro atoms. The van der Waals surface area contributed by atoms with E-state index in [0.717, 1.165) is 5.56 Å². The van der Waals surface area contributed by atoms with Gasteiger partial charge in [-0.2, -0.15) is 5.26 Å². The average Bonchev–Trinajstić information content (AvgIpc) is 2.15. The quantitative estimate of drug-likeness (QED) is 0.509. The molecule has 2 heteroatoms. The van der Waals surface area contributed by atoms with Crippen LogP contribution in [0.4, 0.5) is 0 Å². The molecule has 12 heavy (non-hydrogen) atoms. The van der Waals surface area contributed by atoms with Gasteiger partial charge in [0.15, 0.2) is 0 Å². The highest BCUT2D eigenvalue weighted by Gasteiger charge is 1.93. The molecule has 0 heterocycles. The summed E-state index contributed by atoms with van der Waals surface area (Å²) in [4.78, 5) is 1.20. The largest absolute Gasteiger partial charge is 0.193 e. The lowest BCUT2D eigenvalue weighted by Gasteiger charge is -1.99. The van der Waals surface area contributed by atoms with Gasteiger partial charge in [0.1, 0.15) is 0 Å². The van der Waals surface area contributed by atoms with Crippen LogP contribution in [0.25, 0.3) is 6.08 Å². The number of rotatable bonds is 2. The second kappa shape index (κ2) is 4.63. The highest BCUT2D eigenvalue weighted by atomic mass is 32.2. The van der Waals surface area contributed by atoms with Crippen molar-refractivity contribution in [3.63, 3.8) is 0 Å². The molecule has 1 nitrogen and oxygen atoms in total. The standard InChI is InChI=1S/C10H9NS/c1-12-10-7-3-2-5-9(10)6-4-8-11/h2-7H,1H3/b6-4+. The molecule has 0 fully saturated rings. The number of allylic oxidation sites excluding steroid dienone is 1. The summed E-state index contributed by atoms with van der Waals surface area (Å²) in [6.45, 7) is 0. The minimum absolute atomic E-state index is 1.10. The summed E-state index contributed by atoms with van der Waals surface area (Å²) in [6, 6.07) is 9.99. The van der Waals surface area contributed by atoms with E-state index >= 15 is 0 Å².